The molecule has 0 saturated carbocycles. The van der Waals surface area contributed by atoms with Gasteiger partial charge in [-0.15, -0.1) is 0 Å². The minimum absolute atomic E-state index is 0.450. The maximum absolute atomic E-state index is 5.98. The molecule has 4 nitrogen and oxygen atoms in total. The highest BCUT2D eigenvalue weighted by Gasteiger charge is 2.13. The van der Waals surface area contributed by atoms with Crippen molar-refractivity contribution < 1.29 is 4.52 Å². The van der Waals surface area contributed by atoms with E-state index in [1.54, 1.807) is 0 Å². The van der Waals surface area contributed by atoms with Crippen LogP contribution in [0.2, 0.25) is 0 Å². The average molecular weight is 279 g/mol. The lowest BCUT2D eigenvalue weighted by Crippen LogP contribution is -1.91. The van der Waals surface area contributed by atoms with E-state index in [0.29, 0.717) is 17.4 Å². The zero-order valence-corrected chi connectivity index (χ0v) is 12.1. The summed E-state index contributed by atoms with van der Waals surface area (Å²) in [6, 6.07) is 13.9. The molecule has 0 aliphatic carbocycles. The minimum Gasteiger partial charge on any atom is -0.398 e. The largest absolute Gasteiger partial charge is 0.398 e. The van der Waals surface area contributed by atoms with Crippen LogP contribution in [0.25, 0.3) is 22.8 Å². The van der Waals surface area contributed by atoms with Crippen molar-refractivity contribution >= 4 is 5.69 Å². The molecule has 0 unspecified atom stereocenters. The van der Waals surface area contributed by atoms with Crippen LogP contribution in [-0.4, -0.2) is 10.1 Å². The molecule has 0 atom stereocenters. The standard InChI is InChI=1S/C17H17N3O/c1-3-12-5-7-13(8-6-12)16-19-17(21-20-16)14-10-11(2)4-9-15(14)18/h4-10H,3,18H2,1-2H3. The molecule has 0 fully saturated rings. The summed E-state index contributed by atoms with van der Waals surface area (Å²) in [5, 5.41) is 4.05. The summed E-state index contributed by atoms with van der Waals surface area (Å²) in [7, 11) is 0. The molecule has 3 rings (SSSR count). The lowest BCUT2D eigenvalue weighted by atomic mass is 10.1. The highest BCUT2D eigenvalue weighted by Crippen LogP contribution is 2.27. The van der Waals surface area contributed by atoms with Crippen molar-refractivity contribution in [3.8, 4) is 22.8 Å². The maximum Gasteiger partial charge on any atom is 0.260 e. The molecule has 0 saturated heterocycles. The number of anilines is 1. The van der Waals surface area contributed by atoms with Crippen molar-refractivity contribution in [1.29, 1.82) is 0 Å². The number of benzene rings is 2. The Morgan fingerprint density at radius 1 is 1.10 bits per heavy atom. The van der Waals surface area contributed by atoms with Crippen LogP contribution < -0.4 is 5.73 Å². The number of nitrogens with two attached hydrogens (primary N) is 1. The Labute approximate surface area is 123 Å². The van der Waals surface area contributed by atoms with Crippen LogP contribution in [0.4, 0.5) is 5.69 Å². The number of rotatable bonds is 3. The molecule has 21 heavy (non-hydrogen) atoms. The smallest absolute Gasteiger partial charge is 0.260 e. The summed E-state index contributed by atoms with van der Waals surface area (Å²) in [4.78, 5) is 4.45. The van der Waals surface area contributed by atoms with Crippen molar-refractivity contribution in [1.82, 2.24) is 10.1 Å². The Morgan fingerprint density at radius 2 is 1.86 bits per heavy atom. The van der Waals surface area contributed by atoms with Gasteiger partial charge in [0.05, 0.1) is 5.56 Å². The van der Waals surface area contributed by atoms with Gasteiger partial charge in [0, 0.05) is 11.3 Å². The monoisotopic (exact) mass is 279 g/mol. The second-order valence-corrected chi connectivity index (χ2v) is 5.06. The average Bonchev–Trinajstić information content (AvgIpc) is 2.99. The molecular formula is C17H17N3O. The van der Waals surface area contributed by atoms with Crippen molar-refractivity contribution in [2.24, 2.45) is 0 Å². The molecule has 2 N–H and O–H groups in total. The molecule has 1 aromatic heterocycles. The Bertz CT molecular complexity index is 760. The van der Waals surface area contributed by atoms with Gasteiger partial charge in [0.25, 0.3) is 5.89 Å². The quantitative estimate of drug-likeness (QED) is 0.739. The number of aromatic nitrogens is 2. The second kappa shape index (κ2) is 5.40. The van der Waals surface area contributed by atoms with Crippen LogP contribution in [-0.2, 0) is 6.42 Å². The van der Waals surface area contributed by atoms with E-state index < -0.39 is 0 Å². The van der Waals surface area contributed by atoms with Crippen molar-refractivity contribution in [2.45, 2.75) is 20.3 Å². The van der Waals surface area contributed by atoms with Crippen LogP contribution in [0.1, 0.15) is 18.1 Å². The zero-order valence-electron chi connectivity index (χ0n) is 12.1. The normalized spacial score (nSPS) is 10.8. The van der Waals surface area contributed by atoms with E-state index in [-0.39, 0.29) is 0 Å². The number of nitrogen functional groups attached to an aromatic ring is 1. The number of hydrogen-bond acceptors (Lipinski definition) is 4. The van der Waals surface area contributed by atoms with Crippen molar-refractivity contribution in [2.75, 3.05) is 5.73 Å². The van der Waals surface area contributed by atoms with Crippen LogP contribution in [0, 0.1) is 6.92 Å². The lowest BCUT2D eigenvalue weighted by Gasteiger charge is -2.01. The zero-order chi connectivity index (χ0) is 14.8. The molecule has 0 radical (unpaired) electrons. The van der Waals surface area contributed by atoms with E-state index >= 15 is 0 Å². The molecule has 2 aromatic carbocycles. The predicted octanol–water partition coefficient (Wildman–Crippen LogP) is 3.86. The fraction of sp³-hybridized carbons (Fsp3) is 0.176. The van der Waals surface area contributed by atoms with Gasteiger partial charge in [-0.1, -0.05) is 48.0 Å². The molecule has 0 bridgehead atoms. The fourth-order valence-electron chi connectivity index (χ4n) is 2.19. The van der Waals surface area contributed by atoms with E-state index in [1.807, 2.05) is 37.3 Å². The van der Waals surface area contributed by atoms with E-state index in [9.17, 15) is 0 Å². The molecule has 1 heterocycles. The molecule has 0 aliphatic rings. The first-order valence-electron chi connectivity index (χ1n) is 6.97. The molecule has 3 aromatic rings. The summed E-state index contributed by atoms with van der Waals surface area (Å²) in [6.07, 6.45) is 1.01. The Kier molecular flexibility index (Phi) is 3.44. The van der Waals surface area contributed by atoms with Crippen LogP contribution in [0.5, 0.6) is 0 Å². The summed E-state index contributed by atoms with van der Waals surface area (Å²) < 4.78 is 5.36. The van der Waals surface area contributed by atoms with Gasteiger partial charge in [-0.2, -0.15) is 4.98 Å². The van der Waals surface area contributed by atoms with Gasteiger partial charge in [-0.25, -0.2) is 0 Å². The van der Waals surface area contributed by atoms with Gasteiger partial charge in [0.1, 0.15) is 0 Å². The van der Waals surface area contributed by atoms with E-state index in [0.717, 1.165) is 23.1 Å². The summed E-state index contributed by atoms with van der Waals surface area (Å²) in [6.45, 7) is 4.13. The van der Waals surface area contributed by atoms with Gasteiger partial charge >= 0.3 is 0 Å². The Balaban J connectivity index is 1.97. The predicted molar refractivity (Wildman–Crippen MR) is 83.7 cm³/mol. The van der Waals surface area contributed by atoms with Gasteiger partial charge in [0.15, 0.2) is 0 Å². The molecule has 4 heteroatoms. The van der Waals surface area contributed by atoms with Gasteiger partial charge in [0.2, 0.25) is 5.82 Å². The first-order valence-corrected chi connectivity index (χ1v) is 6.97. The number of hydrogen-bond donors (Lipinski definition) is 1. The molecule has 0 spiro atoms. The fourth-order valence-corrected chi connectivity index (χ4v) is 2.19. The number of nitrogens with zero attached hydrogens (tertiary/aromatic N) is 2. The highest BCUT2D eigenvalue weighted by atomic mass is 16.5. The summed E-state index contributed by atoms with van der Waals surface area (Å²) in [5.74, 6) is 1.03. The topological polar surface area (TPSA) is 64.9 Å². The summed E-state index contributed by atoms with van der Waals surface area (Å²) >= 11 is 0. The van der Waals surface area contributed by atoms with E-state index in [1.165, 1.54) is 5.56 Å². The third kappa shape index (κ3) is 2.65. The number of aryl methyl sites for hydroxylation is 2. The first kappa shape index (κ1) is 13.4. The van der Waals surface area contributed by atoms with Gasteiger partial charge < -0.3 is 10.3 Å². The first-order chi connectivity index (χ1) is 10.2. The van der Waals surface area contributed by atoms with E-state index in [2.05, 4.69) is 29.2 Å². The van der Waals surface area contributed by atoms with Crippen LogP contribution in [0.15, 0.2) is 47.0 Å². The van der Waals surface area contributed by atoms with E-state index in [4.69, 9.17) is 10.3 Å². The second-order valence-electron chi connectivity index (χ2n) is 5.06. The molecule has 0 amide bonds. The van der Waals surface area contributed by atoms with Gasteiger partial charge in [-0.3, -0.25) is 0 Å². The third-order valence-corrected chi connectivity index (χ3v) is 3.49. The Morgan fingerprint density at radius 3 is 2.57 bits per heavy atom. The van der Waals surface area contributed by atoms with Crippen LogP contribution in [0.3, 0.4) is 0 Å². The summed E-state index contributed by atoms with van der Waals surface area (Å²) in [5.41, 5.74) is 10.7. The lowest BCUT2D eigenvalue weighted by molar-refractivity contribution is 0.432. The Hall–Kier alpha value is -2.62. The molecule has 0 aliphatic heterocycles. The third-order valence-electron chi connectivity index (χ3n) is 3.49. The van der Waals surface area contributed by atoms with Crippen molar-refractivity contribution in [3.63, 3.8) is 0 Å². The maximum atomic E-state index is 5.98. The van der Waals surface area contributed by atoms with Crippen molar-refractivity contribution in [3.05, 3.63) is 53.6 Å². The molecule has 106 valence electrons. The van der Waals surface area contributed by atoms with Gasteiger partial charge in [-0.05, 0) is 31.0 Å². The molecular weight excluding hydrogens is 262 g/mol. The SMILES string of the molecule is CCc1ccc(-c2noc(-c3cc(C)ccc3N)n2)cc1. The highest BCUT2D eigenvalue weighted by molar-refractivity contribution is 5.72. The van der Waals surface area contributed by atoms with Crippen LogP contribution >= 0.6 is 0 Å². The minimum atomic E-state index is 0.450.